The molecule has 136 valence electrons. The number of piperidine rings is 1. The van der Waals surface area contributed by atoms with Crippen LogP contribution < -0.4 is 5.46 Å². The number of carbonyl (C=O) groups is 1. The largest absolute Gasteiger partial charge is 0.497 e. The zero-order chi connectivity index (χ0) is 18.4. The van der Waals surface area contributed by atoms with Gasteiger partial charge in [-0.25, -0.2) is 4.39 Å². The first-order chi connectivity index (χ1) is 11.6. The van der Waals surface area contributed by atoms with Crippen molar-refractivity contribution in [2.45, 2.75) is 65.1 Å². The molecule has 1 aromatic carbocycles. The molecule has 0 N–H and O–H groups in total. The lowest BCUT2D eigenvalue weighted by Gasteiger charge is -2.32. The Labute approximate surface area is 149 Å². The Kier molecular flexibility index (Phi) is 4.71. The zero-order valence-electron chi connectivity index (χ0n) is 15.8. The summed E-state index contributed by atoms with van der Waals surface area (Å²) in [7, 11) is -0.761. The average Bonchev–Trinajstić information content (AvgIpc) is 2.77. The monoisotopic (exact) mass is 347 g/mol. The third-order valence-electron chi connectivity index (χ3n) is 5.72. The highest BCUT2D eigenvalue weighted by Crippen LogP contribution is 2.36. The summed E-state index contributed by atoms with van der Waals surface area (Å²) in [4.78, 5) is 14.5. The fraction of sp³-hybridized carbons (Fsp3) is 0.632. The van der Waals surface area contributed by atoms with Gasteiger partial charge in [-0.2, -0.15) is 0 Å². The van der Waals surface area contributed by atoms with E-state index in [0.29, 0.717) is 11.0 Å². The van der Waals surface area contributed by atoms with Crippen molar-refractivity contribution in [2.24, 2.45) is 0 Å². The average molecular weight is 347 g/mol. The normalized spacial score (nSPS) is 22.3. The summed E-state index contributed by atoms with van der Waals surface area (Å²) >= 11 is 0. The summed E-state index contributed by atoms with van der Waals surface area (Å²) in [6, 6.07) is 3.03. The number of carbonyl (C=O) groups excluding carboxylic acids is 1. The molecule has 2 heterocycles. The highest BCUT2D eigenvalue weighted by molar-refractivity contribution is 6.62. The van der Waals surface area contributed by atoms with Crippen LogP contribution in [0.25, 0.3) is 0 Å². The fourth-order valence-corrected chi connectivity index (χ4v) is 3.35. The van der Waals surface area contributed by atoms with Gasteiger partial charge in [-0.3, -0.25) is 4.79 Å². The van der Waals surface area contributed by atoms with Crippen LogP contribution in [0.5, 0.6) is 0 Å². The standard InChI is InChI=1S/C19H27BFNO3/c1-13-11-15(20-24-18(2,3)19(4,5)25-20)16(21)12-14(13)17(23)22-9-7-6-8-10-22/h11-12H,6-10H2,1-5H3. The van der Waals surface area contributed by atoms with Crippen LogP contribution in [-0.4, -0.2) is 42.2 Å². The minimum Gasteiger partial charge on any atom is -0.399 e. The smallest absolute Gasteiger partial charge is 0.399 e. The second-order valence-corrected chi connectivity index (χ2v) is 8.13. The van der Waals surface area contributed by atoms with E-state index in [2.05, 4.69) is 0 Å². The number of benzene rings is 1. The summed E-state index contributed by atoms with van der Waals surface area (Å²) < 4.78 is 26.7. The summed E-state index contributed by atoms with van der Waals surface area (Å²) in [6.45, 7) is 11.1. The Morgan fingerprint density at radius 1 is 1.08 bits per heavy atom. The van der Waals surface area contributed by atoms with Gasteiger partial charge in [0.25, 0.3) is 5.91 Å². The van der Waals surface area contributed by atoms with Crippen LogP contribution in [0.1, 0.15) is 62.9 Å². The molecule has 0 aliphatic carbocycles. The number of rotatable bonds is 2. The number of amides is 1. The minimum absolute atomic E-state index is 0.0865. The molecule has 0 spiro atoms. The van der Waals surface area contributed by atoms with Gasteiger partial charge in [0, 0.05) is 24.1 Å². The van der Waals surface area contributed by atoms with Crippen molar-refractivity contribution in [3.8, 4) is 0 Å². The van der Waals surface area contributed by atoms with Crippen molar-refractivity contribution >= 4 is 18.5 Å². The molecule has 2 fully saturated rings. The highest BCUT2D eigenvalue weighted by atomic mass is 19.1. The van der Waals surface area contributed by atoms with Crippen LogP contribution in [-0.2, 0) is 9.31 Å². The van der Waals surface area contributed by atoms with Gasteiger partial charge in [-0.05, 0) is 65.5 Å². The van der Waals surface area contributed by atoms with Crippen molar-refractivity contribution in [3.63, 3.8) is 0 Å². The first-order valence-corrected chi connectivity index (χ1v) is 9.07. The summed E-state index contributed by atoms with van der Waals surface area (Å²) in [5.41, 5.74) is 0.480. The summed E-state index contributed by atoms with van der Waals surface area (Å²) in [5, 5.41) is 0. The molecule has 0 saturated carbocycles. The van der Waals surface area contributed by atoms with E-state index in [-0.39, 0.29) is 5.91 Å². The summed E-state index contributed by atoms with van der Waals surface area (Å²) in [5.74, 6) is -0.541. The van der Waals surface area contributed by atoms with Gasteiger partial charge < -0.3 is 14.2 Å². The van der Waals surface area contributed by atoms with E-state index in [1.54, 1.807) is 6.07 Å². The molecule has 2 aliphatic heterocycles. The molecular formula is C19H27BFNO3. The van der Waals surface area contributed by atoms with E-state index in [1.165, 1.54) is 6.07 Å². The van der Waals surface area contributed by atoms with Gasteiger partial charge >= 0.3 is 7.12 Å². The van der Waals surface area contributed by atoms with Crippen LogP contribution in [0.15, 0.2) is 12.1 Å². The van der Waals surface area contributed by atoms with Crippen molar-refractivity contribution in [2.75, 3.05) is 13.1 Å². The molecule has 6 heteroatoms. The molecule has 1 amide bonds. The summed E-state index contributed by atoms with van der Waals surface area (Å²) in [6.07, 6.45) is 3.18. The van der Waals surface area contributed by atoms with Gasteiger partial charge in [-0.15, -0.1) is 0 Å². The van der Waals surface area contributed by atoms with Crippen LogP contribution in [0.4, 0.5) is 4.39 Å². The van der Waals surface area contributed by atoms with Gasteiger partial charge in [0.1, 0.15) is 5.82 Å². The number of aryl methyl sites for hydroxylation is 1. The molecular weight excluding hydrogens is 320 g/mol. The second-order valence-electron chi connectivity index (χ2n) is 8.13. The van der Waals surface area contributed by atoms with E-state index in [4.69, 9.17) is 9.31 Å². The SMILES string of the molecule is Cc1cc(B2OC(C)(C)C(C)(C)O2)c(F)cc1C(=O)N1CCCCC1. The van der Waals surface area contributed by atoms with E-state index < -0.39 is 24.1 Å². The molecule has 0 radical (unpaired) electrons. The van der Waals surface area contributed by atoms with Crippen LogP contribution in [0.3, 0.4) is 0 Å². The molecule has 0 atom stereocenters. The maximum absolute atomic E-state index is 14.8. The topological polar surface area (TPSA) is 38.8 Å². The zero-order valence-corrected chi connectivity index (χ0v) is 15.8. The van der Waals surface area contributed by atoms with Crippen LogP contribution in [0, 0.1) is 12.7 Å². The lowest BCUT2D eigenvalue weighted by Crippen LogP contribution is -2.41. The second kappa shape index (κ2) is 6.40. The van der Waals surface area contributed by atoms with E-state index >= 15 is 0 Å². The van der Waals surface area contributed by atoms with E-state index in [9.17, 15) is 9.18 Å². The molecule has 2 saturated heterocycles. The van der Waals surface area contributed by atoms with Gasteiger partial charge in [0.2, 0.25) is 0 Å². The molecule has 4 nitrogen and oxygen atoms in total. The Balaban J connectivity index is 1.87. The third-order valence-corrected chi connectivity index (χ3v) is 5.72. The van der Waals surface area contributed by atoms with Crippen molar-refractivity contribution < 1.29 is 18.5 Å². The maximum Gasteiger partial charge on any atom is 0.497 e. The molecule has 0 unspecified atom stereocenters. The Bertz CT molecular complexity index is 667. The first kappa shape index (κ1) is 18.4. The first-order valence-electron chi connectivity index (χ1n) is 9.07. The number of nitrogens with zero attached hydrogens (tertiary/aromatic N) is 1. The minimum atomic E-state index is -0.761. The Hall–Kier alpha value is -1.40. The molecule has 25 heavy (non-hydrogen) atoms. The molecule has 0 aromatic heterocycles. The Morgan fingerprint density at radius 2 is 1.64 bits per heavy atom. The molecule has 0 bridgehead atoms. The number of hydrogen-bond acceptors (Lipinski definition) is 3. The van der Waals surface area contributed by atoms with E-state index in [0.717, 1.165) is 37.9 Å². The van der Waals surface area contributed by atoms with Crippen LogP contribution in [0.2, 0.25) is 0 Å². The highest BCUT2D eigenvalue weighted by Gasteiger charge is 2.52. The van der Waals surface area contributed by atoms with Crippen molar-refractivity contribution in [1.82, 2.24) is 4.90 Å². The van der Waals surface area contributed by atoms with Gasteiger partial charge in [0.05, 0.1) is 11.2 Å². The maximum atomic E-state index is 14.8. The van der Waals surface area contributed by atoms with Gasteiger partial charge in [0.15, 0.2) is 0 Å². The molecule has 1 aromatic rings. The third kappa shape index (κ3) is 3.34. The lowest BCUT2D eigenvalue weighted by molar-refractivity contribution is 0.00578. The molecule has 2 aliphatic rings. The number of likely N-dealkylation sites (tertiary alicyclic amines) is 1. The number of halogens is 1. The van der Waals surface area contributed by atoms with Crippen molar-refractivity contribution in [3.05, 3.63) is 29.1 Å². The van der Waals surface area contributed by atoms with E-state index in [1.807, 2.05) is 39.5 Å². The molecule has 3 rings (SSSR count). The number of hydrogen-bond donors (Lipinski definition) is 0. The lowest BCUT2D eigenvalue weighted by atomic mass is 9.77. The Morgan fingerprint density at radius 3 is 2.20 bits per heavy atom. The quantitative estimate of drug-likeness (QED) is 0.772. The van der Waals surface area contributed by atoms with Crippen LogP contribution >= 0.6 is 0 Å². The predicted molar refractivity (Wildman–Crippen MR) is 96.6 cm³/mol. The predicted octanol–water partition coefficient (Wildman–Crippen LogP) is 3.06. The van der Waals surface area contributed by atoms with Crippen molar-refractivity contribution in [1.29, 1.82) is 0 Å². The fourth-order valence-electron chi connectivity index (χ4n) is 3.35. The van der Waals surface area contributed by atoms with Gasteiger partial charge in [-0.1, -0.05) is 6.07 Å².